The van der Waals surface area contributed by atoms with Crippen LogP contribution in [0.1, 0.15) is 25.7 Å². The number of halogens is 1. The van der Waals surface area contributed by atoms with Crippen molar-refractivity contribution in [2.75, 3.05) is 13.2 Å². The van der Waals surface area contributed by atoms with Gasteiger partial charge in [0.1, 0.15) is 29.4 Å². The van der Waals surface area contributed by atoms with E-state index in [-0.39, 0.29) is 11.9 Å². The zero-order valence-corrected chi connectivity index (χ0v) is 18.3. The number of ether oxygens (including phenoxy) is 2. The molecular formula is C23H25FN4O3S. The number of rotatable bonds is 7. The molecule has 0 radical (unpaired) electrons. The van der Waals surface area contributed by atoms with Crippen LogP contribution in [0.2, 0.25) is 0 Å². The first-order valence-corrected chi connectivity index (χ1v) is 11.6. The van der Waals surface area contributed by atoms with Gasteiger partial charge in [0.05, 0.1) is 4.70 Å². The molecular weight excluding hydrogens is 431 g/mol. The molecule has 3 atom stereocenters. The van der Waals surface area contributed by atoms with Crippen LogP contribution >= 0.6 is 11.3 Å². The molecule has 2 aliphatic rings. The maximum atomic E-state index is 13.8. The van der Waals surface area contributed by atoms with Crippen LogP contribution in [0.15, 0.2) is 42.5 Å². The highest BCUT2D eigenvalue weighted by Gasteiger charge is 2.40. The highest BCUT2D eigenvalue weighted by atomic mass is 32.1. The first-order chi connectivity index (χ1) is 15.5. The monoisotopic (exact) mass is 456 g/mol. The van der Waals surface area contributed by atoms with E-state index in [1.165, 1.54) is 17.4 Å². The SMILES string of the molecule is NC(=O)N[C@@H]1C[C@H]2CC[C@@H](C1)N2CCOc1ccc(Oc2nc3c(F)cccc3s2)cc1. The third-order valence-corrected chi connectivity index (χ3v) is 7.13. The van der Waals surface area contributed by atoms with Gasteiger partial charge in [0, 0.05) is 24.7 Å². The van der Waals surface area contributed by atoms with Gasteiger partial charge in [-0.05, 0) is 62.1 Å². The van der Waals surface area contributed by atoms with Crippen molar-refractivity contribution in [3.8, 4) is 16.7 Å². The van der Waals surface area contributed by atoms with Crippen molar-refractivity contribution in [1.29, 1.82) is 0 Å². The van der Waals surface area contributed by atoms with Crippen LogP contribution in [0.3, 0.4) is 0 Å². The van der Waals surface area contributed by atoms with Crippen molar-refractivity contribution in [2.45, 2.75) is 43.8 Å². The average molecular weight is 457 g/mol. The molecule has 32 heavy (non-hydrogen) atoms. The van der Waals surface area contributed by atoms with Crippen molar-refractivity contribution >= 4 is 27.6 Å². The van der Waals surface area contributed by atoms with E-state index in [0.717, 1.165) is 42.7 Å². The van der Waals surface area contributed by atoms with E-state index in [9.17, 15) is 9.18 Å². The number of urea groups is 1. The van der Waals surface area contributed by atoms with E-state index in [1.54, 1.807) is 6.07 Å². The number of hydrogen-bond donors (Lipinski definition) is 2. The Hall–Kier alpha value is -2.91. The number of benzene rings is 2. The highest BCUT2D eigenvalue weighted by molar-refractivity contribution is 7.20. The fourth-order valence-electron chi connectivity index (χ4n) is 4.87. The van der Waals surface area contributed by atoms with E-state index in [1.807, 2.05) is 30.3 Å². The summed E-state index contributed by atoms with van der Waals surface area (Å²) in [6.45, 7) is 1.45. The topological polar surface area (TPSA) is 89.7 Å². The Bertz CT molecular complexity index is 1090. The molecule has 2 fully saturated rings. The van der Waals surface area contributed by atoms with Gasteiger partial charge >= 0.3 is 6.03 Å². The predicted octanol–water partition coefficient (Wildman–Crippen LogP) is 4.27. The Morgan fingerprint density at radius 1 is 1.16 bits per heavy atom. The van der Waals surface area contributed by atoms with Crippen LogP contribution in [0.4, 0.5) is 9.18 Å². The van der Waals surface area contributed by atoms with E-state index in [0.29, 0.717) is 35.2 Å². The molecule has 0 unspecified atom stereocenters. The van der Waals surface area contributed by atoms with Crippen LogP contribution in [0.25, 0.3) is 10.2 Å². The van der Waals surface area contributed by atoms with E-state index < -0.39 is 6.03 Å². The lowest BCUT2D eigenvalue weighted by molar-refractivity contribution is 0.1000. The van der Waals surface area contributed by atoms with Crippen molar-refractivity contribution in [2.24, 2.45) is 5.73 Å². The summed E-state index contributed by atoms with van der Waals surface area (Å²) >= 11 is 1.31. The molecule has 9 heteroatoms. The summed E-state index contributed by atoms with van der Waals surface area (Å²) in [5, 5.41) is 3.27. The summed E-state index contributed by atoms with van der Waals surface area (Å²) in [5.74, 6) is 1.04. The molecule has 3 heterocycles. The second kappa shape index (κ2) is 8.91. The van der Waals surface area contributed by atoms with Gasteiger partial charge in [0.25, 0.3) is 5.19 Å². The normalized spacial score (nSPS) is 22.7. The van der Waals surface area contributed by atoms with Crippen molar-refractivity contribution in [1.82, 2.24) is 15.2 Å². The third kappa shape index (κ3) is 4.49. The number of hydrogen-bond acceptors (Lipinski definition) is 6. The number of para-hydroxylation sites is 1. The van der Waals surface area contributed by atoms with Gasteiger partial charge in [-0.3, -0.25) is 4.90 Å². The summed E-state index contributed by atoms with van der Waals surface area (Å²) in [6.07, 6.45) is 4.20. The number of carbonyl (C=O) groups excluding carboxylic acids is 1. The predicted molar refractivity (Wildman–Crippen MR) is 121 cm³/mol. The van der Waals surface area contributed by atoms with Crippen molar-refractivity contribution < 1.29 is 18.7 Å². The summed E-state index contributed by atoms with van der Waals surface area (Å²) < 4.78 is 26.3. The molecule has 2 bridgehead atoms. The van der Waals surface area contributed by atoms with Crippen LogP contribution in [0.5, 0.6) is 16.7 Å². The minimum atomic E-state index is -0.436. The number of amides is 2. The first kappa shape index (κ1) is 21.0. The van der Waals surface area contributed by atoms with E-state index in [2.05, 4.69) is 15.2 Å². The van der Waals surface area contributed by atoms with Gasteiger partial charge in [-0.1, -0.05) is 17.4 Å². The largest absolute Gasteiger partial charge is 0.492 e. The molecule has 0 saturated carbocycles. The molecule has 168 valence electrons. The molecule has 3 aromatic rings. The van der Waals surface area contributed by atoms with Crippen LogP contribution in [0, 0.1) is 5.82 Å². The van der Waals surface area contributed by atoms with E-state index >= 15 is 0 Å². The Morgan fingerprint density at radius 2 is 1.88 bits per heavy atom. The van der Waals surface area contributed by atoms with Crippen molar-refractivity contribution in [3.63, 3.8) is 0 Å². The minimum Gasteiger partial charge on any atom is -0.492 e. The Balaban J connectivity index is 1.12. The third-order valence-electron chi connectivity index (χ3n) is 6.23. The molecule has 2 amide bonds. The van der Waals surface area contributed by atoms with Gasteiger partial charge < -0.3 is 20.5 Å². The second-order valence-corrected chi connectivity index (χ2v) is 9.28. The lowest BCUT2D eigenvalue weighted by atomic mass is 9.97. The van der Waals surface area contributed by atoms with Crippen LogP contribution in [-0.4, -0.2) is 47.2 Å². The maximum absolute atomic E-state index is 13.8. The highest BCUT2D eigenvalue weighted by Crippen LogP contribution is 2.36. The van der Waals surface area contributed by atoms with Crippen molar-refractivity contribution in [3.05, 3.63) is 48.3 Å². The number of nitrogens with two attached hydrogens (primary N) is 1. The zero-order valence-electron chi connectivity index (χ0n) is 17.5. The number of nitrogens with one attached hydrogen (secondary N) is 1. The smallest absolute Gasteiger partial charge is 0.312 e. The van der Waals surface area contributed by atoms with Crippen LogP contribution in [-0.2, 0) is 0 Å². The number of thiazole rings is 1. The Labute approximate surface area is 189 Å². The number of primary amides is 1. The number of nitrogens with zero attached hydrogens (tertiary/aromatic N) is 2. The Morgan fingerprint density at radius 3 is 2.56 bits per heavy atom. The number of carbonyl (C=O) groups is 1. The summed E-state index contributed by atoms with van der Waals surface area (Å²) in [7, 11) is 0. The van der Waals surface area contributed by atoms with Gasteiger partial charge in [0.15, 0.2) is 0 Å². The summed E-state index contributed by atoms with van der Waals surface area (Å²) in [5.41, 5.74) is 5.61. The zero-order chi connectivity index (χ0) is 22.1. The first-order valence-electron chi connectivity index (χ1n) is 10.8. The molecule has 5 rings (SSSR count). The number of piperidine rings is 1. The second-order valence-electron chi connectivity index (χ2n) is 8.29. The maximum Gasteiger partial charge on any atom is 0.312 e. The van der Waals surface area contributed by atoms with Gasteiger partial charge in [-0.2, -0.15) is 4.98 Å². The molecule has 1 aromatic heterocycles. The molecule has 2 aromatic carbocycles. The van der Waals surface area contributed by atoms with E-state index in [4.69, 9.17) is 15.2 Å². The quantitative estimate of drug-likeness (QED) is 0.554. The molecule has 2 saturated heterocycles. The lowest BCUT2D eigenvalue weighted by Crippen LogP contribution is -2.52. The van der Waals surface area contributed by atoms with Gasteiger partial charge in [0.2, 0.25) is 0 Å². The molecule has 0 aliphatic carbocycles. The fraction of sp³-hybridized carbons (Fsp3) is 0.391. The lowest BCUT2D eigenvalue weighted by Gasteiger charge is -2.38. The number of aromatic nitrogens is 1. The molecule has 2 aliphatic heterocycles. The summed E-state index contributed by atoms with van der Waals surface area (Å²) in [4.78, 5) is 17.9. The van der Waals surface area contributed by atoms with Gasteiger partial charge in [-0.25, -0.2) is 9.18 Å². The molecule has 7 nitrogen and oxygen atoms in total. The molecule has 3 N–H and O–H groups in total. The average Bonchev–Trinajstić information content (AvgIpc) is 3.27. The molecule has 0 spiro atoms. The standard InChI is InChI=1S/C23H25FN4O3S/c24-19-2-1-3-20-21(19)27-23(32-20)31-18-8-6-17(7-9-18)30-11-10-28-15-4-5-16(28)13-14(12-15)26-22(25)29/h1-3,6-9,14-16H,4-5,10-13H2,(H3,25,26,29)/t14-,15-,16+. The summed E-state index contributed by atoms with van der Waals surface area (Å²) in [6, 6.07) is 12.9. The number of fused-ring (bicyclic) bond motifs is 3. The van der Waals surface area contributed by atoms with Crippen LogP contribution < -0.4 is 20.5 Å². The Kier molecular flexibility index (Phi) is 5.84. The minimum absolute atomic E-state index is 0.182. The van der Waals surface area contributed by atoms with Gasteiger partial charge in [-0.15, -0.1) is 0 Å². The fourth-order valence-corrected chi connectivity index (χ4v) is 5.72.